The van der Waals surface area contributed by atoms with E-state index in [4.69, 9.17) is 0 Å². The van der Waals surface area contributed by atoms with Crippen molar-refractivity contribution in [3.8, 4) is 0 Å². The summed E-state index contributed by atoms with van der Waals surface area (Å²) in [7, 11) is 0. The van der Waals surface area contributed by atoms with E-state index in [2.05, 4.69) is 31.4 Å². The molecule has 2 atom stereocenters. The van der Waals surface area contributed by atoms with Crippen LogP contribution in [0.15, 0.2) is 0 Å². The van der Waals surface area contributed by atoms with Gasteiger partial charge in [-0.1, -0.05) is 39.5 Å². The van der Waals surface area contributed by atoms with Crippen LogP contribution in [-0.2, 0) is 0 Å². The molecule has 1 saturated heterocycles. The van der Waals surface area contributed by atoms with Crippen LogP contribution in [-0.4, -0.2) is 25.7 Å². The van der Waals surface area contributed by atoms with Crippen LogP contribution in [0.1, 0.15) is 59.3 Å². The van der Waals surface area contributed by atoms with Crippen molar-refractivity contribution < 1.29 is 0 Å². The second-order valence-electron chi connectivity index (χ2n) is 6.09. The Bertz CT molecular complexity index is 180. The van der Waals surface area contributed by atoms with E-state index in [1.54, 1.807) is 0 Å². The van der Waals surface area contributed by atoms with E-state index < -0.39 is 0 Å². The summed E-state index contributed by atoms with van der Waals surface area (Å²) in [6.45, 7) is 10.6. The summed E-state index contributed by atoms with van der Waals surface area (Å²) in [5.74, 6) is 1.74. The first kappa shape index (κ1) is 15.0. The first-order valence-electron chi connectivity index (χ1n) is 7.64. The first-order valence-corrected chi connectivity index (χ1v) is 7.64. The SMILES string of the molecule is CC(C)CCCCCCNCC1CCNC1C. The topological polar surface area (TPSA) is 24.1 Å². The van der Waals surface area contributed by atoms with Crippen LogP contribution in [0.25, 0.3) is 0 Å². The van der Waals surface area contributed by atoms with Crippen LogP contribution in [0.2, 0.25) is 0 Å². The van der Waals surface area contributed by atoms with E-state index >= 15 is 0 Å². The van der Waals surface area contributed by atoms with Crippen LogP contribution >= 0.6 is 0 Å². The Kier molecular flexibility index (Phi) is 7.87. The second-order valence-corrected chi connectivity index (χ2v) is 6.09. The smallest absolute Gasteiger partial charge is 0.00795 e. The highest BCUT2D eigenvalue weighted by atomic mass is 15.0. The van der Waals surface area contributed by atoms with Gasteiger partial charge in [0.15, 0.2) is 0 Å². The summed E-state index contributed by atoms with van der Waals surface area (Å²) in [5.41, 5.74) is 0. The monoisotopic (exact) mass is 240 g/mol. The Morgan fingerprint density at radius 2 is 1.94 bits per heavy atom. The largest absolute Gasteiger partial charge is 0.316 e. The Morgan fingerprint density at radius 1 is 1.18 bits per heavy atom. The molecule has 1 fully saturated rings. The third kappa shape index (κ3) is 7.05. The lowest BCUT2D eigenvalue weighted by Crippen LogP contribution is -2.31. The zero-order valence-electron chi connectivity index (χ0n) is 12.1. The average Bonchev–Trinajstić information content (AvgIpc) is 2.68. The molecule has 1 aliphatic heterocycles. The van der Waals surface area contributed by atoms with Crippen molar-refractivity contribution in [2.24, 2.45) is 11.8 Å². The fourth-order valence-corrected chi connectivity index (χ4v) is 2.64. The van der Waals surface area contributed by atoms with Crippen molar-refractivity contribution in [3.05, 3.63) is 0 Å². The van der Waals surface area contributed by atoms with E-state index in [-0.39, 0.29) is 0 Å². The van der Waals surface area contributed by atoms with Crippen molar-refractivity contribution in [1.82, 2.24) is 10.6 Å². The van der Waals surface area contributed by atoms with Crippen LogP contribution in [0, 0.1) is 11.8 Å². The van der Waals surface area contributed by atoms with Crippen molar-refractivity contribution in [2.45, 2.75) is 65.3 Å². The fraction of sp³-hybridized carbons (Fsp3) is 1.00. The Labute approximate surface area is 108 Å². The average molecular weight is 240 g/mol. The lowest BCUT2D eigenvalue weighted by molar-refractivity contribution is 0.433. The summed E-state index contributed by atoms with van der Waals surface area (Å²) in [4.78, 5) is 0. The molecule has 0 amide bonds. The highest BCUT2D eigenvalue weighted by Crippen LogP contribution is 2.13. The highest BCUT2D eigenvalue weighted by Gasteiger charge is 2.21. The molecule has 0 aromatic heterocycles. The van der Waals surface area contributed by atoms with Crippen molar-refractivity contribution >= 4 is 0 Å². The number of nitrogens with one attached hydrogen (secondary N) is 2. The molecule has 2 N–H and O–H groups in total. The second kappa shape index (κ2) is 8.93. The summed E-state index contributed by atoms with van der Waals surface area (Å²) in [6, 6.07) is 0.716. The normalized spacial score (nSPS) is 24.7. The maximum atomic E-state index is 3.62. The molecule has 1 heterocycles. The number of rotatable bonds is 9. The van der Waals surface area contributed by atoms with Gasteiger partial charge in [-0.05, 0) is 51.2 Å². The van der Waals surface area contributed by atoms with E-state index in [1.165, 1.54) is 58.2 Å². The lowest BCUT2D eigenvalue weighted by atomic mass is 10.0. The summed E-state index contributed by atoms with van der Waals surface area (Å²) in [5, 5.41) is 7.13. The zero-order chi connectivity index (χ0) is 12.5. The quantitative estimate of drug-likeness (QED) is 0.605. The molecule has 102 valence electrons. The summed E-state index contributed by atoms with van der Waals surface area (Å²) in [6.07, 6.45) is 8.34. The Hall–Kier alpha value is -0.0800. The molecule has 2 heteroatoms. The summed E-state index contributed by atoms with van der Waals surface area (Å²) >= 11 is 0. The van der Waals surface area contributed by atoms with Crippen LogP contribution in [0.5, 0.6) is 0 Å². The van der Waals surface area contributed by atoms with Crippen molar-refractivity contribution in [3.63, 3.8) is 0 Å². The fourth-order valence-electron chi connectivity index (χ4n) is 2.64. The van der Waals surface area contributed by atoms with Gasteiger partial charge in [0.05, 0.1) is 0 Å². The van der Waals surface area contributed by atoms with Gasteiger partial charge in [0, 0.05) is 6.04 Å². The van der Waals surface area contributed by atoms with Crippen LogP contribution in [0.4, 0.5) is 0 Å². The molecule has 0 aromatic carbocycles. The first-order chi connectivity index (χ1) is 8.20. The van der Waals surface area contributed by atoms with E-state index in [9.17, 15) is 0 Å². The van der Waals surface area contributed by atoms with Gasteiger partial charge in [-0.25, -0.2) is 0 Å². The van der Waals surface area contributed by atoms with Crippen LogP contribution in [0.3, 0.4) is 0 Å². The molecule has 0 bridgehead atoms. The molecule has 2 nitrogen and oxygen atoms in total. The third-order valence-corrected chi connectivity index (χ3v) is 3.98. The molecule has 0 aliphatic carbocycles. The van der Waals surface area contributed by atoms with Gasteiger partial charge < -0.3 is 10.6 Å². The molecular weight excluding hydrogens is 208 g/mol. The minimum atomic E-state index is 0.716. The zero-order valence-corrected chi connectivity index (χ0v) is 12.1. The van der Waals surface area contributed by atoms with Crippen LogP contribution < -0.4 is 10.6 Å². The van der Waals surface area contributed by atoms with Gasteiger partial charge in [0.1, 0.15) is 0 Å². The van der Waals surface area contributed by atoms with E-state index in [0.717, 1.165) is 11.8 Å². The molecule has 1 aliphatic rings. The standard InChI is InChI=1S/C15H32N2/c1-13(2)8-6-4-5-7-10-16-12-15-9-11-17-14(15)3/h13-17H,4-12H2,1-3H3. The lowest BCUT2D eigenvalue weighted by Gasteiger charge is -2.15. The minimum Gasteiger partial charge on any atom is -0.316 e. The van der Waals surface area contributed by atoms with Gasteiger partial charge >= 0.3 is 0 Å². The Morgan fingerprint density at radius 3 is 2.59 bits per heavy atom. The maximum Gasteiger partial charge on any atom is 0.00795 e. The maximum absolute atomic E-state index is 3.62. The predicted molar refractivity (Wildman–Crippen MR) is 76.4 cm³/mol. The molecule has 0 saturated carbocycles. The number of unbranched alkanes of at least 4 members (excludes halogenated alkanes) is 3. The number of hydrogen-bond acceptors (Lipinski definition) is 2. The number of hydrogen-bond donors (Lipinski definition) is 2. The van der Waals surface area contributed by atoms with E-state index in [1.807, 2.05) is 0 Å². The Balaban J connectivity index is 1.81. The molecule has 17 heavy (non-hydrogen) atoms. The highest BCUT2D eigenvalue weighted by molar-refractivity contribution is 4.81. The minimum absolute atomic E-state index is 0.716. The molecule has 0 spiro atoms. The van der Waals surface area contributed by atoms with Gasteiger partial charge in [-0.2, -0.15) is 0 Å². The van der Waals surface area contributed by atoms with Gasteiger partial charge in [0.2, 0.25) is 0 Å². The third-order valence-electron chi connectivity index (χ3n) is 3.98. The van der Waals surface area contributed by atoms with Gasteiger partial charge in [-0.3, -0.25) is 0 Å². The van der Waals surface area contributed by atoms with E-state index in [0.29, 0.717) is 6.04 Å². The molecule has 1 rings (SSSR count). The summed E-state index contributed by atoms with van der Waals surface area (Å²) < 4.78 is 0. The molecule has 0 radical (unpaired) electrons. The predicted octanol–water partition coefficient (Wildman–Crippen LogP) is 3.18. The van der Waals surface area contributed by atoms with Crippen molar-refractivity contribution in [1.29, 1.82) is 0 Å². The van der Waals surface area contributed by atoms with Crippen molar-refractivity contribution in [2.75, 3.05) is 19.6 Å². The van der Waals surface area contributed by atoms with Gasteiger partial charge in [0.25, 0.3) is 0 Å². The molecule has 2 unspecified atom stereocenters. The molecule has 0 aromatic rings. The van der Waals surface area contributed by atoms with Gasteiger partial charge in [-0.15, -0.1) is 0 Å². The molecular formula is C15H32N2.